The molecule has 18 heavy (non-hydrogen) atoms. The summed E-state index contributed by atoms with van der Waals surface area (Å²) in [5, 5.41) is 2.93. The second-order valence-electron chi connectivity index (χ2n) is 4.90. The molecule has 1 fully saturated rings. The molecule has 1 heterocycles. The van der Waals surface area contributed by atoms with Gasteiger partial charge in [-0.05, 0) is 36.8 Å². The van der Waals surface area contributed by atoms with Crippen molar-refractivity contribution in [2.24, 2.45) is 5.41 Å². The van der Waals surface area contributed by atoms with Gasteiger partial charge in [-0.25, -0.2) is 0 Å². The largest absolute Gasteiger partial charge is 0.399 e. The van der Waals surface area contributed by atoms with Gasteiger partial charge in [0.1, 0.15) is 5.69 Å². The number of nitrogen functional groups attached to an aromatic ring is 1. The molecule has 1 aliphatic carbocycles. The Morgan fingerprint density at radius 1 is 1.61 bits per heavy atom. The van der Waals surface area contributed by atoms with Gasteiger partial charge in [0.05, 0.1) is 0 Å². The number of nitrogens with two attached hydrogens (primary N) is 1. The van der Waals surface area contributed by atoms with Crippen LogP contribution in [0.1, 0.15) is 29.8 Å². The maximum Gasteiger partial charge on any atom is 0.269 e. The third-order valence-corrected chi connectivity index (χ3v) is 3.43. The van der Waals surface area contributed by atoms with Gasteiger partial charge in [0.15, 0.2) is 0 Å². The molecule has 5 nitrogen and oxygen atoms in total. The molecule has 0 saturated heterocycles. The lowest BCUT2D eigenvalue weighted by Crippen LogP contribution is -2.31. The molecule has 0 bridgehead atoms. The van der Waals surface area contributed by atoms with Gasteiger partial charge < -0.3 is 15.8 Å². The minimum Gasteiger partial charge on any atom is -0.399 e. The monoisotopic (exact) mass is 249 g/mol. The Morgan fingerprint density at radius 2 is 2.39 bits per heavy atom. The maximum absolute atomic E-state index is 11.9. The molecular weight excluding hydrogens is 230 g/mol. The fourth-order valence-corrected chi connectivity index (χ4v) is 1.94. The fraction of sp³-hybridized carbons (Fsp3) is 0.538. The predicted octanol–water partition coefficient (Wildman–Crippen LogP) is 1.21. The Balaban J connectivity index is 1.85. The van der Waals surface area contributed by atoms with Crippen molar-refractivity contribution in [3.05, 3.63) is 24.0 Å². The zero-order valence-electron chi connectivity index (χ0n) is 10.6. The molecule has 2 rings (SSSR count). The lowest BCUT2D eigenvalue weighted by molar-refractivity contribution is 0.0933. The van der Waals surface area contributed by atoms with E-state index in [0.29, 0.717) is 17.9 Å². The molecule has 1 aromatic heterocycles. The molecule has 0 unspecified atom stereocenters. The van der Waals surface area contributed by atoms with E-state index in [2.05, 4.69) is 10.3 Å². The van der Waals surface area contributed by atoms with Gasteiger partial charge in [-0.15, -0.1) is 0 Å². The van der Waals surface area contributed by atoms with Crippen LogP contribution in [0, 0.1) is 5.41 Å². The number of anilines is 1. The Bertz CT molecular complexity index is 430. The quantitative estimate of drug-likeness (QED) is 0.794. The minimum absolute atomic E-state index is 0.161. The van der Waals surface area contributed by atoms with Crippen molar-refractivity contribution in [1.82, 2.24) is 10.3 Å². The first-order chi connectivity index (χ1) is 8.65. The van der Waals surface area contributed by atoms with Crippen LogP contribution in [0.2, 0.25) is 0 Å². The molecule has 0 radical (unpaired) electrons. The number of carbonyl (C=O) groups is 1. The highest BCUT2D eigenvalue weighted by Gasteiger charge is 2.42. The van der Waals surface area contributed by atoms with Crippen LogP contribution in [-0.4, -0.2) is 31.2 Å². The van der Waals surface area contributed by atoms with Crippen molar-refractivity contribution in [2.45, 2.75) is 19.3 Å². The first kappa shape index (κ1) is 12.8. The van der Waals surface area contributed by atoms with Crippen LogP contribution in [0.25, 0.3) is 0 Å². The van der Waals surface area contributed by atoms with Gasteiger partial charge in [0.25, 0.3) is 5.91 Å². The molecule has 0 spiro atoms. The number of ether oxygens (including phenoxy) is 1. The Kier molecular flexibility index (Phi) is 3.81. The summed E-state index contributed by atoms with van der Waals surface area (Å²) in [5.74, 6) is -0.161. The van der Waals surface area contributed by atoms with Crippen molar-refractivity contribution in [3.8, 4) is 0 Å². The smallest absolute Gasteiger partial charge is 0.269 e. The zero-order chi connectivity index (χ0) is 13.0. The van der Waals surface area contributed by atoms with Crippen LogP contribution >= 0.6 is 0 Å². The predicted molar refractivity (Wildman–Crippen MR) is 69.1 cm³/mol. The van der Waals surface area contributed by atoms with E-state index in [1.807, 2.05) is 0 Å². The number of hydrogen-bond donors (Lipinski definition) is 2. The zero-order valence-corrected chi connectivity index (χ0v) is 10.6. The molecule has 1 aliphatic rings. The summed E-state index contributed by atoms with van der Waals surface area (Å²) in [6.07, 6.45) is 4.85. The van der Waals surface area contributed by atoms with Crippen LogP contribution in [0.4, 0.5) is 5.69 Å². The van der Waals surface area contributed by atoms with Crippen molar-refractivity contribution >= 4 is 11.6 Å². The van der Waals surface area contributed by atoms with Crippen molar-refractivity contribution in [1.29, 1.82) is 0 Å². The van der Waals surface area contributed by atoms with Crippen LogP contribution < -0.4 is 11.1 Å². The molecule has 5 heteroatoms. The summed E-state index contributed by atoms with van der Waals surface area (Å²) in [6, 6.07) is 3.25. The lowest BCUT2D eigenvalue weighted by atomic mass is 10.0. The summed E-state index contributed by atoms with van der Waals surface area (Å²) < 4.78 is 5.08. The average Bonchev–Trinajstić information content (AvgIpc) is 3.14. The average molecular weight is 249 g/mol. The second-order valence-corrected chi connectivity index (χ2v) is 4.90. The number of hydrogen-bond acceptors (Lipinski definition) is 4. The summed E-state index contributed by atoms with van der Waals surface area (Å²) >= 11 is 0. The molecule has 1 amide bonds. The third kappa shape index (κ3) is 3.20. The van der Waals surface area contributed by atoms with Crippen molar-refractivity contribution in [3.63, 3.8) is 0 Å². The summed E-state index contributed by atoms with van der Waals surface area (Å²) in [4.78, 5) is 15.9. The van der Waals surface area contributed by atoms with Gasteiger partial charge in [0.2, 0.25) is 0 Å². The number of pyridine rings is 1. The van der Waals surface area contributed by atoms with Gasteiger partial charge in [-0.3, -0.25) is 9.78 Å². The molecule has 0 atom stereocenters. The first-order valence-corrected chi connectivity index (χ1v) is 6.14. The van der Waals surface area contributed by atoms with E-state index < -0.39 is 0 Å². The number of rotatable bonds is 6. The number of carbonyl (C=O) groups excluding carboxylic acids is 1. The highest BCUT2D eigenvalue weighted by Crippen LogP contribution is 2.48. The second kappa shape index (κ2) is 5.35. The first-order valence-electron chi connectivity index (χ1n) is 6.14. The molecular formula is C13H19N3O2. The van der Waals surface area contributed by atoms with Crippen molar-refractivity contribution in [2.75, 3.05) is 26.0 Å². The van der Waals surface area contributed by atoms with Crippen LogP contribution in [0.5, 0.6) is 0 Å². The SMILES string of the molecule is COCCC1(CNC(=O)c2cc(N)ccn2)CC1. The summed E-state index contributed by atoms with van der Waals surface area (Å²) in [6.45, 7) is 1.43. The van der Waals surface area contributed by atoms with Gasteiger partial charge in [-0.1, -0.05) is 0 Å². The number of methoxy groups -OCH3 is 1. The van der Waals surface area contributed by atoms with Gasteiger partial charge in [-0.2, -0.15) is 0 Å². The van der Waals surface area contributed by atoms with Crippen LogP contribution in [0.3, 0.4) is 0 Å². The topological polar surface area (TPSA) is 77.2 Å². The summed E-state index contributed by atoms with van der Waals surface area (Å²) in [5.41, 5.74) is 6.79. The van der Waals surface area contributed by atoms with E-state index in [-0.39, 0.29) is 11.3 Å². The number of nitrogens with zero attached hydrogens (tertiary/aromatic N) is 1. The highest BCUT2D eigenvalue weighted by molar-refractivity contribution is 5.93. The van der Waals surface area contributed by atoms with Crippen LogP contribution in [0.15, 0.2) is 18.3 Å². The minimum atomic E-state index is -0.161. The number of nitrogens with one attached hydrogen (secondary N) is 1. The van der Waals surface area contributed by atoms with E-state index in [0.717, 1.165) is 25.9 Å². The van der Waals surface area contributed by atoms with E-state index >= 15 is 0 Å². The van der Waals surface area contributed by atoms with Gasteiger partial charge >= 0.3 is 0 Å². The Morgan fingerprint density at radius 3 is 3.00 bits per heavy atom. The normalized spacial score (nSPS) is 16.3. The third-order valence-electron chi connectivity index (χ3n) is 3.43. The van der Waals surface area contributed by atoms with Gasteiger partial charge in [0, 0.05) is 32.1 Å². The maximum atomic E-state index is 11.9. The lowest BCUT2D eigenvalue weighted by Gasteiger charge is -2.15. The molecule has 0 aliphatic heterocycles. The standard InChI is InChI=1S/C13H19N3O2/c1-18-7-5-13(3-4-13)9-16-12(17)11-8-10(14)2-6-15-11/h2,6,8H,3-5,7,9H2,1H3,(H2,14,15)(H,16,17). The molecule has 1 aromatic rings. The van der Waals surface area contributed by atoms with Crippen LogP contribution in [-0.2, 0) is 4.74 Å². The highest BCUT2D eigenvalue weighted by atomic mass is 16.5. The van der Waals surface area contributed by atoms with E-state index in [1.54, 1.807) is 25.4 Å². The Labute approximate surface area is 107 Å². The molecule has 0 aromatic carbocycles. The Hall–Kier alpha value is -1.62. The fourth-order valence-electron chi connectivity index (χ4n) is 1.94. The van der Waals surface area contributed by atoms with E-state index in [9.17, 15) is 4.79 Å². The van der Waals surface area contributed by atoms with E-state index in [4.69, 9.17) is 10.5 Å². The number of amides is 1. The van der Waals surface area contributed by atoms with Crippen molar-refractivity contribution < 1.29 is 9.53 Å². The molecule has 98 valence electrons. The van der Waals surface area contributed by atoms with E-state index in [1.165, 1.54) is 0 Å². The molecule has 3 N–H and O–H groups in total. The summed E-state index contributed by atoms with van der Waals surface area (Å²) in [7, 11) is 1.70. The number of aromatic nitrogens is 1. The molecule has 1 saturated carbocycles.